The lowest BCUT2D eigenvalue weighted by Crippen LogP contribution is -2.17. The zero-order valence-electron chi connectivity index (χ0n) is 9.87. The molecule has 4 heteroatoms. The zero-order valence-corrected chi connectivity index (χ0v) is 9.87. The van der Waals surface area contributed by atoms with Crippen molar-refractivity contribution in [3.05, 3.63) is 17.5 Å². The highest BCUT2D eigenvalue weighted by atomic mass is 16.5. The van der Waals surface area contributed by atoms with Gasteiger partial charge in [0.1, 0.15) is 0 Å². The minimum Gasteiger partial charge on any atom is -0.384 e. The number of hydrogen-bond acceptors (Lipinski definition) is 4. The van der Waals surface area contributed by atoms with Crippen LogP contribution in [0.3, 0.4) is 0 Å². The van der Waals surface area contributed by atoms with Crippen molar-refractivity contribution < 1.29 is 4.74 Å². The molecule has 15 heavy (non-hydrogen) atoms. The molecule has 0 aliphatic heterocycles. The molecule has 0 saturated carbocycles. The second-order valence-corrected chi connectivity index (χ2v) is 3.92. The lowest BCUT2D eigenvalue weighted by molar-refractivity contribution is 0.164. The molecule has 0 spiro atoms. The Bertz CT molecular complexity index is 294. The Labute approximate surface area is 91.1 Å². The van der Waals surface area contributed by atoms with Crippen LogP contribution in [0.4, 0.5) is 5.95 Å². The number of anilines is 1. The summed E-state index contributed by atoms with van der Waals surface area (Å²) in [6.45, 7) is 7.64. The monoisotopic (exact) mass is 209 g/mol. The lowest BCUT2D eigenvalue weighted by atomic mass is 10.2. The molecule has 0 bridgehead atoms. The summed E-state index contributed by atoms with van der Waals surface area (Å²) in [6.07, 6.45) is 0. The van der Waals surface area contributed by atoms with Gasteiger partial charge >= 0.3 is 0 Å². The van der Waals surface area contributed by atoms with E-state index in [4.69, 9.17) is 4.74 Å². The number of nitrogens with one attached hydrogen (secondary N) is 1. The van der Waals surface area contributed by atoms with Crippen molar-refractivity contribution in [1.29, 1.82) is 0 Å². The average Bonchev–Trinajstić information content (AvgIpc) is 2.14. The van der Waals surface area contributed by atoms with E-state index in [1.807, 2.05) is 19.9 Å². The third kappa shape index (κ3) is 4.25. The highest BCUT2D eigenvalue weighted by Crippen LogP contribution is 2.04. The SMILES string of the molecule is COCC(C)CNc1nc(C)cc(C)n1. The van der Waals surface area contributed by atoms with E-state index in [9.17, 15) is 0 Å². The summed E-state index contributed by atoms with van der Waals surface area (Å²) in [5.41, 5.74) is 1.98. The molecule has 0 saturated heterocycles. The van der Waals surface area contributed by atoms with Crippen LogP contribution in [0.5, 0.6) is 0 Å². The van der Waals surface area contributed by atoms with Crippen LogP contribution in [-0.4, -0.2) is 30.2 Å². The van der Waals surface area contributed by atoms with E-state index < -0.39 is 0 Å². The smallest absolute Gasteiger partial charge is 0.223 e. The fourth-order valence-electron chi connectivity index (χ4n) is 1.41. The van der Waals surface area contributed by atoms with Crippen LogP contribution >= 0.6 is 0 Å². The first-order chi connectivity index (χ1) is 7.11. The Morgan fingerprint density at radius 2 is 1.93 bits per heavy atom. The van der Waals surface area contributed by atoms with Crippen LogP contribution in [0.1, 0.15) is 18.3 Å². The van der Waals surface area contributed by atoms with Gasteiger partial charge in [0.05, 0.1) is 6.61 Å². The minimum atomic E-state index is 0.458. The van der Waals surface area contributed by atoms with E-state index in [0.29, 0.717) is 11.9 Å². The molecular weight excluding hydrogens is 190 g/mol. The van der Waals surface area contributed by atoms with E-state index in [1.54, 1.807) is 7.11 Å². The second-order valence-electron chi connectivity index (χ2n) is 3.92. The first kappa shape index (κ1) is 11.9. The van der Waals surface area contributed by atoms with E-state index in [1.165, 1.54) is 0 Å². The Morgan fingerprint density at radius 3 is 2.47 bits per heavy atom. The fourth-order valence-corrected chi connectivity index (χ4v) is 1.41. The van der Waals surface area contributed by atoms with Gasteiger partial charge in [0.2, 0.25) is 5.95 Å². The number of hydrogen-bond donors (Lipinski definition) is 1. The van der Waals surface area contributed by atoms with Crippen molar-refractivity contribution in [2.75, 3.05) is 25.6 Å². The van der Waals surface area contributed by atoms with Crippen molar-refractivity contribution in [3.8, 4) is 0 Å². The highest BCUT2D eigenvalue weighted by Gasteiger charge is 2.03. The molecule has 1 heterocycles. The highest BCUT2D eigenvalue weighted by molar-refractivity contribution is 5.27. The van der Waals surface area contributed by atoms with Crippen molar-refractivity contribution in [3.63, 3.8) is 0 Å². The zero-order chi connectivity index (χ0) is 11.3. The predicted molar refractivity (Wildman–Crippen MR) is 61.0 cm³/mol. The molecule has 1 atom stereocenters. The maximum absolute atomic E-state index is 5.06. The van der Waals surface area contributed by atoms with Crippen molar-refractivity contribution in [2.45, 2.75) is 20.8 Å². The van der Waals surface area contributed by atoms with Gasteiger partial charge in [-0.1, -0.05) is 6.92 Å². The van der Waals surface area contributed by atoms with Gasteiger partial charge < -0.3 is 10.1 Å². The summed E-state index contributed by atoms with van der Waals surface area (Å²) in [6, 6.07) is 1.96. The fraction of sp³-hybridized carbons (Fsp3) is 0.636. The van der Waals surface area contributed by atoms with Gasteiger partial charge in [0.15, 0.2) is 0 Å². The topological polar surface area (TPSA) is 47.0 Å². The summed E-state index contributed by atoms with van der Waals surface area (Å²) < 4.78 is 5.06. The quantitative estimate of drug-likeness (QED) is 0.803. The second kappa shape index (κ2) is 5.66. The molecule has 1 aromatic heterocycles. The van der Waals surface area contributed by atoms with Gasteiger partial charge in [-0.2, -0.15) is 0 Å². The van der Waals surface area contributed by atoms with Gasteiger partial charge in [0.25, 0.3) is 0 Å². The van der Waals surface area contributed by atoms with Gasteiger partial charge in [-0.25, -0.2) is 9.97 Å². The largest absolute Gasteiger partial charge is 0.384 e. The first-order valence-electron chi connectivity index (χ1n) is 5.17. The summed E-state index contributed by atoms with van der Waals surface area (Å²) >= 11 is 0. The molecule has 84 valence electrons. The van der Waals surface area contributed by atoms with Crippen LogP contribution in [0, 0.1) is 19.8 Å². The number of aryl methyl sites for hydroxylation is 2. The van der Waals surface area contributed by atoms with Gasteiger partial charge in [-0.15, -0.1) is 0 Å². The Morgan fingerprint density at radius 1 is 1.33 bits per heavy atom. The van der Waals surface area contributed by atoms with Gasteiger partial charge in [0, 0.05) is 25.0 Å². The molecule has 0 aliphatic carbocycles. The Hall–Kier alpha value is -1.16. The van der Waals surface area contributed by atoms with Crippen LogP contribution < -0.4 is 5.32 Å². The predicted octanol–water partition coefficient (Wildman–Crippen LogP) is 1.79. The Kier molecular flexibility index (Phi) is 4.49. The molecule has 1 N–H and O–H groups in total. The first-order valence-corrected chi connectivity index (χ1v) is 5.17. The summed E-state index contributed by atoms with van der Waals surface area (Å²) in [5.74, 6) is 1.16. The van der Waals surface area contributed by atoms with E-state index in [2.05, 4.69) is 22.2 Å². The van der Waals surface area contributed by atoms with Crippen LogP contribution in [0.2, 0.25) is 0 Å². The maximum Gasteiger partial charge on any atom is 0.223 e. The normalized spacial score (nSPS) is 12.5. The molecule has 4 nitrogen and oxygen atoms in total. The van der Waals surface area contributed by atoms with Gasteiger partial charge in [-0.05, 0) is 25.8 Å². The lowest BCUT2D eigenvalue weighted by Gasteiger charge is -2.11. The number of nitrogens with zero attached hydrogens (tertiary/aromatic N) is 2. The number of aromatic nitrogens is 2. The molecular formula is C11H19N3O. The molecule has 1 aromatic rings. The maximum atomic E-state index is 5.06. The molecule has 0 aromatic carbocycles. The van der Waals surface area contributed by atoms with Crippen molar-refractivity contribution in [2.24, 2.45) is 5.92 Å². The molecule has 1 unspecified atom stereocenters. The minimum absolute atomic E-state index is 0.458. The van der Waals surface area contributed by atoms with E-state index in [-0.39, 0.29) is 0 Å². The summed E-state index contributed by atoms with van der Waals surface area (Å²) in [4.78, 5) is 8.61. The van der Waals surface area contributed by atoms with Crippen molar-refractivity contribution in [1.82, 2.24) is 9.97 Å². The van der Waals surface area contributed by atoms with Crippen molar-refractivity contribution >= 4 is 5.95 Å². The average molecular weight is 209 g/mol. The standard InChI is InChI=1S/C11H19N3O/c1-8(7-15-4)6-12-11-13-9(2)5-10(3)14-11/h5,8H,6-7H2,1-4H3,(H,12,13,14). The third-order valence-electron chi connectivity index (χ3n) is 2.04. The van der Waals surface area contributed by atoms with Gasteiger partial charge in [-0.3, -0.25) is 0 Å². The molecule has 0 fully saturated rings. The molecule has 0 radical (unpaired) electrons. The Balaban J connectivity index is 2.50. The van der Waals surface area contributed by atoms with E-state index in [0.717, 1.165) is 24.5 Å². The number of methoxy groups -OCH3 is 1. The summed E-state index contributed by atoms with van der Waals surface area (Å²) in [5, 5.41) is 3.21. The summed E-state index contributed by atoms with van der Waals surface area (Å²) in [7, 11) is 1.71. The third-order valence-corrected chi connectivity index (χ3v) is 2.04. The molecule has 1 rings (SSSR count). The van der Waals surface area contributed by atoms with Crippen LogP contribution in [0.25, 0.3) is 0 Å². The molecule has 0 aliphatic rings. The van der Waals surface area contributed by atoms with Crippen LogP contribution in [-0.2, 0) is 4.74 Å². The number of rotatable bonds is 5. The van der Waals surface area contributed by atoms with Crippen LogP contribution in [0.15, 0.2) is 6.07 Å². The van der Waals surface area contributed by atoms with E-state index >= 15 is 0 Å². The number of ether oxygens (including phenoxy) is 1. The molecule has 0 amide bonds.